The first-order valence-corrected chi connectivity index (χ1v) is 16.5. The largest absolute Gasteiger partial charge is 0.136 e. The van der Waals surface area contributed by atoms with Crippen LogP contribution in [0.15, 0.2) is 133 Å². The molecule has 0 aliphatic rings. The SMILES string of the molecule is C(=Cc1cc2cc3cc4cc5cc(C=Cc6ccc7ccccc7c6)sc5cc4cc3cc2s1)c1ccc2ccccc2c1. The van der Waals surface area contributed by atoms with Gasteiger partial charge in [0.05, 0.1) is 0 Å². The molecular formula is C42H26S2. The fourth-order valence-electron chi connectivity index (χ4n) is 6.26. The van der Waals surface area contributed by atoms with Crippen molar-refractivity contribution in [3.05, 3.63) is 154 Å². The third-order valence-electron chi connectivity index (χ3n) is 8.53. The molecule has 0 aliphatic heterocycles. The summed E-state index contributed by atoms with van der Waals surface area (Å²) in [7, 11) is 0. The highest BCUT2D eigenvalue weighted by Gasteiger charge is 2.08. The molecule has 0 saturated carbocycles. The van der Waals surface area contributed by atoms with E-state index < -0.39 is 0 Å². The van der Waals surface area contributed by atoms with Crippen LogP contribution in [-0.4, -0.2) is 0 Å². The second kappa shape index (κ2) is 10.3. The summed E-state index contributed by atoms with van der Waals surface area (Å²) in [6.45, 7) is 0. The Balaban J connectivity index is 1.03. The molecule has 0 nitrogen and oxygen atoms in total. The van der Waals surface area contributed by atoms with Gasteiger partial charge in [0.1, 0.15) is 0 Å². The van der Waals surface area contributed by atoms with E-state index in [0.717, 1.165) is 0 Å². The van der Waals surface area contributed by atoms with E-state index in [1.54, 1.807) is 0 Å². The van der Waals surface area contributed by atoms with Crippen molar-refractivity contribution in [3.8, 4) is 0 Å². The van der Waals surface area contributed by atoms with Crippen molar-refractivity contribution in [1.29, 1.82) is 0 Å². The van der Waals surface area contributed by atoms with Crippen molar-refractivity contribution < 1.29 is 0 Å². The average molecular weight is 595 g/mol. The van der Waals surface area contributed by atoms with Crippen molar-refractivity contribution in [2.75, 3.05) is 0 Å². The Morgan fingerprint density at radius 2 is 0.705 bits per heavy atom. The van der Waals surface area contributed by atoms with Crippen LogP contribution in [0.5, 0.6) is 0 Å². The van der Waals surface area contributed by atoms with Crippen LogP contribution in [0.1, 0.15) is 20.9 Å². The lowest BCUT2D eigenvalue weighted by molar-refractivity contribution is 1.71. The molecule has 0 bridgehead atoms. The third-order valence-corrected chi connectivity index (χ3v) is 10.7. The van der Waals surface area contributed by atoms with Gasteiger partial charge in [-0.3, -0.25) is 0 Å². The molecule has 0 atom stereocenters. The number of thiophene rings is 2. The lowest BCUT2D eigenvalue weighted by Gasteiger charge is -2.04. The Hall–Kier alpha value is -5.02. The summed E-state index contributed by atoms with van der Waals surface area (Å²) in [5, 5.41) is 12.9. The van der Waals surface area contributed by atoms with E-state index in [0.29, 0.717) is 0 Å². The molecule has 0 unspecified atom stereocenters. The first kappa shape index (κ1) is 25.5. The fourth-order valence-corrected chi connectivity index (χ4v) is 8.26. The van der Waals surface area contributed by atoms with Gasteiger partial charge in [0, 0.05) is 19.2 Å². The van der Waals surface area contributed by atoms with E-state index in [1.165, 1.54) is 84.1 Å². The molecule has 2 aromatic heterocycles. The summed E-state index contributed by atoms with van der Waals surface area (Å²) in [4.78, 5) is 2.55. The van der Waals surface area contributed by atoms with E-state index in [4.69, 9.17) is 0 Å². The standard InChI is InChI=1S/C42H26S2/c1-3-7-31-17-27(9-13-29(31)5-1)11-15-39-23-37-21-33-19-34-22-38-24-40(16-12-28-10-14-30-6-2-4-8-32(30)18-28)44-42(38)26-36(34)20-35(33)25-41(37)43-39/h1-26H. The molecule has 2 heteroatoms. The Bertz CT molecular complexity index is 2340. The van der Waals surface area contributed by atoms with Crippen LogP contribution < -0.4 is 0 Å². The first-order valence-electron chi connectivity index (χ1n) is 14.9. The Morgan fingerprint density at radius 3 is 1.18 bits per heavy atom. The van der Waals surface area contributed by atoms with E-state index in [1.807, 2.05) is 22.7 Å². The number of hydrogen-bond acceptors (Lipinski definition) is 2. The predicted octanol–water partition coefficient (Wildman–Crippen LogP) is 13.1. The van der Waals surface area contributed by atoms with Gasteiger partial charge in [-0.25, -0.2) is 0 Å². The minimum Gasteiger partial charge on any atom is -0.136 e. The van der Waals surface area contributed by atoms with Crippen LogP contribution in [0.2, 0.25) is 0 Å². The average Bonchev–Trinajstić information content (AvgIpc) is 3.65. The van der Waals surface area contributed by atoms with Gasteiger partial charge in [0.25, 0.3) is 0 Å². The zero-order chi connectivity index (χ0) is 29.0. The van der Waals surface area contributed by atoms with Crippen LogP contribution in [0.3, 0.4) is 0 Å². The van der Waals surface area contributed by atoms with Gasteiger partial charge in [0.2, 0.25) is 0 Å². The number of rotatable bonds is 4. The Kier molecular flexibility index (Phi) is 5.97. The van der Waals surface area contributed by atoms with Crippen molar-refractivity contribution in [2.24, 2.45) is 0 Å². The Morgan fingerprint density at radius 1 is 0.295 bits per heavy atom. The second-order valence-electron chi connectivity index (χ2n) is 11.5. The van der Waals surface area contributed by atoms with Crippen molar-refractivity contribution in [2.45, 2.75) is 0 Å². The molecule has 9 aromatic rings. The van der Waals surface area contributed by atoms with Gasteiger partial charge in [-0.1, -0.05) is 84.9 Å². The molecule has 0 fully saturated rings. The topological polar surface area (TPSA) is 0 Å². The van der Waals surface area contributed by atoms with E-state index in [2.05, 4.69) is 158 Å². The highest BCUT2D eigenvalue weighted by atomic mass is 32.1. The minimum atomic E-state index is 1.23. The number of hydrogen-bond donors (Lipinski definition) is 0. The molecule has 0 spiro atoms. The zero-order valence-corrected chi connectivity index (χ0v) is 25.5. The van der Waals surface area contributed by atoms with Crippen LogP contribution in [-0.2, 0) is 0 Å². The van der Waals surface area contributed by atoms with Crippen molar-refractivity contribution in [1.82, 2.24) is 0 Å². The maximum Gasteiger partial charge on any atom is 0.0355 e. The summed E-state index contributed by atoms with van der Waals surface area (Å²) in [6.07, 6.45) is 8.94. The molecule has 0 radical (unpaired) electrons. The first-order chi connectivity index (χ1) is 21.7. The molecule has 7 aromatic carbocycles. The summed E-state index contributed by atoms with van der Waals surface area (Å²) in [5.74, 6) is 0. The number of fused-ring (bicyclic) bond motifs is 6. The van der Waals surface area contributed by atoms with Gasteiger partial charge in [-0.15, -0.1) is 22.7 Å². The predicted molar refractivity (Wildman–Crippen MR) is 198 cm³/mol. The Labute approximate surface area is 263 Å². The zero-order valence-electron chi connectivity index (χ0n) is 23.8. The highest BCUT2D eigenvalue weighted by Crippen LogP contribution is 2.36. The third kappa shape index (κ3) is 4.69. The molecule has 206 valence electrons. The summed E-state index contributed by atoms with van der Waals surface area (Å²) in [6, 6.07) is 49.1. The molecule has 0 N–H and O–H groups in total. The van der Waals surface area contributed by atoms with Crippen molar-refractivity contribution in [3.63, 3.8) is 0 Å². The molecule has 0 amide bonds. The van der Waals surface area contributed by atoms with Crippen LogP contribution in [0.4, 0.5) is 0 Å². The minimum absolute atomic E-state index is 1.23. The number of benzene rings is 7. The maximum absolute atomic E-state index is 2.36. The monoisotopic (exact) mass is 594 g/mol. The van der Waals surface area contributed by atoms with E-state index in [9.17, 15) is 0 Å². The van der Waals surface area contributed by atoms with Gasteiger partial charge < -0.3 is 0 Å². The van der Waals surface area contributed by atoms with Crippen LogP contribution in [0, 0.1) is 0 Å². The van der Waals surface area contributed by atoms with Crippen LogP contribution in [0.25, 0.3) is 87.6 Å². The van der Waals surface area contributed by atoms with Gasteiger partial charge in [-0.05, 0) is 138 Å². The smallest absolute Gasteiger partial charge is 0.0355 e. The molecular weight excluding hydrogens is 569 g/mol. The van der Waals surface area contributed by atoms with Gasteiger partial charge in [-0.2, -0.15) is 0 Å². The highest BCUT2D eigenvalue weighted by molar-refractivity contribution is 7.20. The summed E-state index contributed by atoms with van der Waals surface area (Å²) >= 11 is 3.72. The molecule has 44 heavy (non-hydrogen) atoms. The quantitative estimate of drug-likeness (QED) is 0.178. The second-order valence-corrected chi connectivity index (χ2v) is 13.7. The van der Waals surface area contributed by atoms with Crippen molar-refractivity contribution >= 4 is 110 Å². The maximum atomic E-state index is 2.36. The van der Waals surface area contributed by atoms with Crippen LogP contribution >= 0.6 is 22.7 Å². The fraction of sp³-hybridized carbons (Fsp3) is 0. The lowest BCUT2D eigenvalue weighted by Crippen LogP contribution is -1.77. The molecule has 0 saturated heterocycles. The van der Waals surface area contributed by atoms with Gasteiger partial charge in [0.15, 0.2) is 0 Å². The van der Waals surface area contributed by atoms with E-state index in [-0.39, 0.29) is 0 Å². The van der Waals surface area contributed by atoms with E-state index >= 15 is 0 Å². The normalized spacial score (nSPS) is 12.4. The summed E-state index contributed by atoms with van der Waals surface area (Å²) < 4.78 is 2.65. The molecule has 2 heterocycles. The molecule has 9 rings (SSSR count). The summed E-state index contributed by atoms with van der Waals surface area (Å²) in [5.41, 5.74) is 2.45. The lowest BCUT2D eigenvalue weighted by atomic mass is 10.0. The molecule has 0 aliphatic carbocycles. The van der Waals surface area contributed by atoms with Gasteiger partial charge >= 0.3 is 0 Å².